The normalized spacial score (nSPS) is 20.3. The monoisotopic (exact) mass is 261 g/mol. The molecule has 103 valence electrons. The summed E-state index contributed by atoms with van der Waals surface area (Å²) in [5, 5.41) is 5.12. The Morgan fingerprint density at radius 3 is 2.47 bits per heavy atom. The van der Waals surface area contributed by atoms with Gasteiger partial charge in [0.25, 0.3) is 0 Å². The minimum Gasteiger partial charge on any atom is -0.308 e. The van der Waals surface area contributed by atoms with Crippen LogP contribution in [0.1, 0.15) is 44.9 Å². The minimum absolute atomic E-state index is 0.00399. The zero-order chi connectivity index (χ0) is 13.5. The molecule has 0 aromatic rings. The summed E-state index contributed by atoms with van der Waals surface area (Å²) in [7, 11) is 0. The highest BCUT2D eigenvalue weighted by Crippen LogP contribution is 2.22. The van der Waals surface area contributed by atoms with Crippen LogP contribution in [0.25, 0.3) is 0 Å². The number of nitrogens with one attached hydrogen (secondary N) is 2. The van der Waals surface area contributed by atoms with Gasteiger partial charge in [-0.3, -0.25) is 10.1 Å². The molecule has 2 aliphatic carbocycles. The van der Waals surface area contributed by atoms with Gasteiger partial charge in [-0.1, -0.05) is 37.8 Å². The maximum absolute atomic E-state index is 12.0. The standard InChI is InChI=1S/C15H21N2O2/c18-14(12-8-4-1-2-5-9-12)17-15(19)16-13-10-6-3-7-11-13/h6-7,10-12H,1-5,8-9H2,(H2,16,17,18,19). The van der Waals surface area contributed by atoms with E-state index in [0.29, 0.717) is 0 Å². The Balaban J connectivity index is 1.79. The molecule has 19 heavy (non-hydrogen) atoms. The molecule has 0 saturated heterocycles. The minimum atomic E-state index is -0.430. The molecule has 1 fully saturated rings. The van der Waals surface area contributed by atoms with Crippen molar-refractivity contribution in [2.24, 2.45) is 5.92 Å². The fourth-order valence-corrected chi connectivity index (χ4v) is 2.53. The smallest absolute Gasteiger partial charge is 0.308 e. The van der Waals surface area contributed by atoms with Crippen molar-refractivity contribution in [2.45, 2.75) is 44.9 Å². The molecule has 2 N–H and O–H groups in total. The number of urea groups is 1. The van der Waals surface area contributed by atoms with Gasteiger partial charge >= 0.3 is 6.03 Å². The van der Waals surface area contributed by atoms with Crippen LogP contribution in [0.3, 0.4) is 0 Å². The summed E-state index contributed by atoms with van der Waals surface area (Å²) >= 11 is 0. The van der Waals surface area contributed by atoms with Gasteiger partial charge in [0.05, 0.1) is 0 Å². The molecule has 1 saturated carbocycles. The van der Waals surface area contributed by atoms with E-state index in [1.807, 2.05) is 24.6 Å². The largest absolute Gasteiger partial charge is 0.325 e. The van der Waals surface area contributed by atoms with Crippen LogP contribution in [0.15, 0.2) is 23.9 Å². The number of hydrogen-bond donors (Lipinski definition) is 2. The number of carbonyl (C=O) groups excluding carboxylic acids is 2. The number of allylic oxidation sites excluding steroid dienone is 3. The van der Waals surface area contributed by atoms with E-state index in [2.05, 4.69) is 10.6 Å². The van der Waals surface area contributed by atoms with Crippen molar-refractivity contribution in [1.82, 2.24) is 10.6 Å². The van der Waals surface area contributed by atoms with Gasteiger partial charge in [-0.15, -0.1) is 0 Å². The van der Waals surface area contributed by atoms with Crippen LogP contribution in [-0.2, 0) is 4.79 Å². The second kappa shape index (κ2) is 7.12. The first-order valence-electron chi connectivity index (χ1n) is 7.07. The Morgan fingerprint density at radius 2 is 1.84 bits per heavy atom. The zero-order valence-electron chi connectivity index (χ0n) is 11.2. The Morgan fingerprint density at radius 1 is 1.11 bits per heavy atom. The summed E-state index contributed by atoms with van der Waals surface area (Å²) in [5.41, 5.74) is 0.720. The Hall–Kier alpha value is -1.58. The molecule has 0 unspecified atom stereocenters. The van der Waals surface area contributed by atoms with Crippen molar-refractivity contribution >= 4 is 11.9 Å². The van der Waals surface area contributed by atoms with Gasteiger partial charge in [-0.2, -0.15) is 0 Å². The Kier molecular flexibility index (Phi) is 5.19. The molecule has 0 heterocycles. The fourth-order valence-electron chi connectivity index (χ4n) is 2.53. The molecule has 3 amide bonds. The molecular weight excluding hydrogens is 240 g/mol. The van der Waals surface area contributed by atoms with Crippen LogP contribution < -0.4 is 10.6 Å². The average molecular weight is 261 g/mol. The van der Waals surface area contributed by atoms with Crippen LogP contribution in [0.5, 0.6) is 0 Å². The first kappa shape index (κ1) is 13.8. The van der Waals surface area contributed by atoms with E-state index in [1.165, 1.54) is 12.8 Å². The van der Waals surface area contributed by atoms with E-state index in [0.717, 1.165) is 37.8 Å². The van der Waals surface area contributed by atoms with Gasteiger partial charge in [-0.25, -0.2) is 4.79 Å². The average Bonchev–Trinajstić information content (AvgIpc) is 2.68. The maximum atomic E-state index is 12.0. The summed E-state index contributed by atoms with van der Waals surface area (Å²) in [6.45, 7) is 0. The van der Waals surface area contributed by atoms with Gasteiger partial charge in [0.1, 0.15) is 0 Å². The SMILES string of the molecule is O=C(NC(=O)C1CCCCCC1)NC1=C[CH]CC=C1. The van der Waals surface area contributed by atoms with Crippen LogP contribution in [-0.4, -0.2) is 11.9 Å². The molecule has 2 aliphatic rings. The number of imide groups is 1. The lowest BCUT2D eigenvalue weighted by molar-refractivity contribution is -0.124. The molecule has 2 rings (SSSR count). The molecule has 4 heteroatoms. The summed E-state index contributed by atoms with van der Waals surface area (Å²) in [5.74, 6) is -0.139. The highest BCUT2D eigenvalue weighted by Gasteiger charge is 2.21. The van der Waals surface area contributed by atoms with Crippen LogP contribution in [0, 0.1) is 12.3 Å². The second-order valence-corrected chi connectivity index (χ2v) is 5.13. The van der Waals surface area contributed by atoms with Crippen LogP contribution in [0.4, 0.5) is 4.79 Å². The first-order valence-corrected chi connectivity index (χ1v) is 7.07. The summed E-state index contributed by atoms with van der Waals surface area (Å²) in [6.07, 6.45) is 14.9. The van der Waals surface area contributed by atoms with E-state index in [9.17, 15) is 9.59 Å². The molecule has 0 aromatic carbocycles. The highest BCUT2D eigenvalue weighted by molar-refractivity contribution is 5.96. The molecule has 0 aliphatic heterocycles. The summed E-state index contributed by atoms with van der Waals surface area (Å²) in [6, 6.07) is -0.430. The number of carbonyl (C=O) groups is 2. The Bertz CT molecular complexity index is 391. The van der Waals surface area contributed by atoms with Crippen molar-refractivity contribution in [2.75, 3.05) is 0 Å². The summed E-state index contributed by atoms with van der Waals surface area (Å²) in [4.78, 5) is 23.7. The topological polar surface area (TPSA) is 58.2 Å². The van der Waals surface area contributed by atoms with E-state index in [4.69, 9.17) is 0 Å². The van der Waals surface area contributed by atoms with Gasteiger partial charge in [0.2, 0.25) is 5.91 Å². The lowest BCUT2D eigenvalue weighted by Crippen LogP contribution is -2.41. The van der Waals surface area contributed by atoms with E-state index >= 15 is 0 Å². The first-order chi connectivity index (χ1) is 9.25. The highest BCUT2D eigenvalue weighted by atomic mass is 16.2. The van der Waals surface area contributed by atoms with Crippen molar-refractivity contribution in [1.29, 1.82) is 0 Å². The van der Waals surface area contributed by atoms with Gasteiger partial charge in [-0.05, 0) is 31.8 Å². The molecule has 4 nitrogen and oxygen atoms in total. The predicted molar refractivity (Wildman–Crippen MR) is 74.0 cm³/mol. The fraction of sp³-hybridized carbons (Fsp3) is 0.533. The molecule has 0 atom stereocenters. The van der Waals surface area contributed by atoms with Crippen molar-refractivity contribution in [3.05, 3.63) is 30.3 Å². The maximum Gasteiger partial charge on any atom is 0.325 e. The lowest BCUT2D eigenvalue weighted by atomic mass is 10.00. The van der Waals surface area contributed by atoms with Crippen molar-refractivity contribution in [3.63, 3.8) is 0 Å². The quantitative estimate of drug-likeness (QED) is 0.751. The third-order valence-electron chi connectivity index (χ3n) is 3.59. The zero-order valence-corrected chi connectivity index (χ0v) is 11.2. The van der Waals surface area contributed by atoms with E-state index in [1.54, 1.807) is 0 Å². The predicted octanol–water partition coefficient (Wildman–Crippen LogP) is 2.83. The molecule has 0 spiro atoms. The number of hydrogen-bond acceptors (Lipinski definition) is 2. The van der Waals surface area contributed by atoms with Gasteiger partial charge < -0.3 is 5.32 Å². The van der Waals surface area contributed by atoms with Gasteiger partial charge in [0, 0.05) is 11.6 Å². The van der Waals surface area contributed by atoms with E-state index < -0.39 is 6.03 Å². The Labute approximate surface area is 114 Å². The number of amides is 3. The van der Waals surface area contributed by atoms with E-state index in [-0.39, 0.29) is 11.8 Å². The van der Waals surface area contributed by atoms with Crippen molar-refractivity contribution in [3.8, 4) is 0 Å². The van der Waals surface area contributed by atoms with Crippen molar-refractivity contribution < 1.29 is 9.59 Å². The molecule has 0 bridgehead atoms. The molecular formula is C15H21N2O2. The molecule has 0 aromatic heterocycles. The number of rotatable bonds is 2. The third-order valence-corrected chi connectivity index (χ3v) is 3.59. The van der Waals surface area contributed by atoms with Gasteiger partial charge in [0.15, 0.2) is 0 Å². The second-order valence-electron chi connectivity index (χ2n) is 5.13. The summed E-state index contributed by atoms with van der Waals surface area (Å²) < 4.78 is 0. The molecule has 1 radical (unpaired) electrons. The van der Waals surface area contributed by atoms with Crippen LogP contribution >= 0.6 is 0 Å². The lowest BCUT2D eigenvalue weighted by Gasteiger charge is -2.14. The van der Waals surface area contributed by atoms with Crippen LogP contribution in [0.2, 0.25) is 0 Å². The third kappa shape index (κ3) is 4.54.